The van der Waals surface area contributed by atoms with Gasteiger partial charge in [0, 0.05) is 38.0 Å². The van der Waals surface area contributed by atoms with Gasteiger partial charge in [-0.15, -0.1) is 0 Å². The third kappa shape index (κ3) is 5.19. The summed E-state index contributed by atoms with van der Waals surface area (Å²) in [5.74, 6) is 0.566. The van der Waals surface area contributed by atoms with Crippen LogP contribution < -0.4 is 9.64 Å². The zero-order valence-electron chi connectivity index (χ0n) is 25.2. The number of fused-ring (bicyclic) bond motifs is 3. The summed E-state index contributed by atoms with van der Waals surface area (Å²) < 4.78 is 20.9. The highest BCUT2D eigenvalue weighted by Crippen LogP contribution is 2.41. The van der Waals surface area contributed by atoms with Crippen molar-refractivity contribution in [1.82, 2.24) is 19.8 Å². The normalized spacial score (nSPS) is 25.0. The largest absolute Gasteiger partial charge is 0.461 e. The second kappa shape index (κ2) is 11.8. The standard InChI is InChI=1S/C35H39FN6O2/c1-2-32(43)42-18-17-40(22-27(42)13-15-37)33-30-12-11-25(29-10-5-8-24-7-3-4-9-28(24)29)19-31(30)38-34(39-33)44-23-35-14-6-16-41(35)21-26(36)20-35/h2,5,8,10-12,19,26-27H,1,3-4,6-7,9,13-14,16-18,20-23H2/t26-,27+,35+/m1/s1. The number of nitriles is 1. The summed E-state index contributed by atoms with van der Waals surface area (Å²) in [5, 5.41) is 10.4. The molecule has 3 saturated heterocycles. The maximum absolute atomic E-state index is 14.5. The molecule has 0 saturated carbocycles. The lowest BCUT2D eigenvalue weighted by Crippen LogP contribution is -2.55. The first-order valence-corrected chi connectivity index (χ1v) is 16.0. The highest BCUT2D eigenvalue weighted by Gasteiger charge is 2.49. The fourth-order valence-corrected chi connectivity index (χ4v) is 8.00. The van der Waals surface area contributed by atoms with Crippen molar-refractivity contribution in [2.75, 3.05) is 44.2 Å². The number of aryl methyl sites for hydroxylation is 1. The first-order chi connectivity index (χ1) is 21.5. The van der Waals surface area contributed by atoms with Crippen LogP contribution in [0.4, 0.5) is 10.2 Å². The Kier molecular flexibility index (Phi) is 7.71. The van der Waals surface area contributed by atoms with Crippen LogP contribution in [0.2, 0.25) is 0 Å². The number of hydrogen-bond acceptors (Lipinski definition) is 7. The van der Waals surface area contributed by atoms with E-state index in [9.17, 15) is 14.4 Å². The van der Waals surface area contributed by atoms with Gasteiger partial charge in [-0.25, -0.2) is 4.39 Å². The number of piperazine rings is 1. The molecular formula is C35H39FN6O2. The lowest BCUT2D eigenvalue weighted by Gasteiger charge is -2.41. The van der Waals surface area contributed by atoms with Crippen molar-refractivity contribution in [1.29, 1.82) is 5.26 Å². The van der Waals surface area contributed by atoms with E-state index in [1.807, 2.05) is 0 Å². The Labute approximate surface area is 258 Å². The number of alkyl halides is 1. The highest BCUT2D eigenvalue weighted by molar-refractivity contribution is 5.93. The Hall–Kier alpha value is -4.03. The molecule has 2 aromatic carbocycles. The molecule has 228 valence electrons. The van der Waals surface area contributed by atoms with Crippen molar-refractivity contribution >= 4 is 22.6 Å². The zero-order valence-corrected chi connectivity index (χ0v) is 25.2. The molecule has 3 aliphatic heterocycles. The number of ether oxygens (including phenoxy) is 1. The number of benzene rings is 2. The molecule has 3 atom stereocenters. The summed E-state index contributed by atoms with van der Waals surface area (Å²) >= 11 is 0. The molecule has 7 rings (SSSR count). The maximum atomic E-state index is 14.5. The van der Waals surface area contributed by atoms with Gasteiger partial charge < -0.3 is 14.5 Å². The van der Waals surface area contributed by atoms with Crippen LogP contribution in [0.5, 0.6) is 6.01 Å². The summed E-state index contributed by atoms with van der Waals surface area (Å²) in [4.78, 5) is 28.5. The zero-order chi connectivity index (χ0) is 30.3. The molecule has 44 heavy (non-hydrogen) atoms. The second-order valence-electron chi connectivity index (χ2n) is 12.8. The van der Waals surface area contributed by atoms with Gasteiger partial charge in [-0.05, 0) is 85.5 Å². The van der Waals surface area contributed by atoms with Crippen LogP contribution >= 0.6 is 0 Å². The molecule has 8 nitrogen and oxygen atoms in total. The lowest BCUT2D eigenvalue weighted by atomic mass is 9.86. The van der Waals surface area contributed by atoms with Crippen molar-refractivity contribution in [2.24, 2.45) is 0 Å². The Morgan fingerprint density at radius 3 is 2.89 bits per heavy atom. The summed E-state index contributed by atoms with van der Waals surface area (Å²) in [6.45, 7) is 6.84. The van der Waals surface area contributed by atoms with Gasteiger partial charge in [0.15, 0.2) is 0 Å². The molecule has 1 aromatic heterocycles. The van der Waals surface area contributed by atoms with Crippen LogP contribution in [0.15, 0.2) is 49.1 Å². The average molecular weight is 595 g/mol. The highest BCUT2D eigenvalue weighted by atomic mass is 19.1. The molecule has 0 radical (unpaired) electrons. The molecule has 4 aliphatic rings. The fraction of sp³-hybridized carbons (Fsp3) is 0.486. The summed E-state index contributed by atoms with van der Waals surface area (Å²) in [5.41, 5.74) is 5.70. The van der Waals surface area contributed by atoms with Crippen LogP contribution in [-0.2, 0) is 17.6 Å². The molecule has 3 fully saturated rings. The van der Waals surface area contributed by atoms with E-state index in [-0.39, 0.29) is 29.9 Å². The minimum absolute atomic E-state index is 0.166. The molecule has 4 heterocycles. The quantitative estimate of drug-likeness (QED) is 0.346. The first-order valence-electron chi connectivity index (χ1n) is 16.0. The van der Waals surface area contributed by atoms with Crippen LogP contribution in [-0.4, -0.2) is 82.8 Å². The number of rotatable bonds is 7. The minimum Gasteiger partial charge on any atom is -0.461 e. The molecule has 0 unspecified atom stereocenters. The Bertz CT molecular complexity index is 1640. The number of aromatic nitrogens is 2. The Balaban J connectivity index is 1.27. The fourth-order valence-electron chi connectivity index (χ4n) is 8.00. The number of carbonyl (C=O) groups is 1. The van der Waals surface area contributed by atoms with Gasteiger partial charge in [-0.2, -0.15) is 15.2 Å². The smallest absolute Gasteiger partial charge is 0.319 e. The molecule has 9 heteroatoms. The van der Waals surface area contributed by atoms with E-state index in [2.05, 4.69) is 58.8 Å². The third-order valence-corrected chi connectivity index (χ3v) is 10.2. The molecule has 0 N–H and O–H groups in total. The van der Waals surface area contributed by atoms with Crippen molar-refractivity contribution in [3.63, 3.8) is 0 Å². The van der Waals surface area contributed by atoms with E-state index in [0.29, 0.717) is 39.2 Å². The predicted octanol–water partition coefficient (Wildman–Crippen LogP) is 5.25. The van der Waals surface area contributed by atoms with Gasteiger partial charge in [-0.1, -0.05) is 30.8 Å². The van der Waals surface area contributed by atoms with Gasteiger partial charge in [0.1, 0.15) is 18.6 Å². The number of anilines is 1. The number of nitrogens with zero attached hydrogens (tertiary/aromatic N) is 6. The second-order valence-corrected chi connectivity index (χ2v) is 12.8. The van der Waals surface area contributed by atoms with Gasteiger partial charge in [0.25, 0.3) is 0 Å². The molecular weight excluding hydrogens is 555 g/mol. The van der Waals surface area contributed by atoms with E-state index >= 15 is 0 Å². The van der Waals surface area contributed by atoms with Gasteiger partial charge in [0.05, 0.1) is 29.6 Å². The van der Waals surface area contributed by atoms with Crippen LogP contribution in [0, 0.1) is 11.3 Å². The lowest BCUT2D eigenvalue weighted by molar-refractivity contribution is -0.128. The van der Waals surface area contributed by atoms with Gasteiger partial charge in [-0.3, -0.25) is 9.69 Å². The van der Waals surface area contributed by atoms with E-state index < -0.39 is 6.17 Å². The van der Waals surface area contributed by atoms with Gasteiger partial charge >= 0.3 is 6.01 Å². The molecule has 0 spiro atoms. The number of amides is 1. The van der Waals surface area contributed by atoms with Crippen molar-refractivity contribution in [3.05, 3.63) is 60.2 Å². The van der Waals surface area contributed by atoms with Crippen molar-refractivity contribution < 1.29 is 13.9 Å². The third-order valence-electron chi connectivity index (χ3n) is 10.2. The number of halogens is 1. The molecule has 1 amide bonds. The topological polar surface area (TPSA) is 85.6 Å². The maximum Gasteiger partial charge on any atom is 0.319 e. The van der Waals surface area contributed by atoms with E-state index in [1.54, 1.807) is 4.90 Å². The SMILES string of the molecule is C=CC(=O)N1CCN(c2nc(OC[C@@]34CCCN3C[C@H](F)C4)nc3cc(-c4cccc5c4CCCC5)ccc23)C[C@@H]1CC#N. The molecule has 1 aliphatic carbocycles. The Morgan fingerprint density at radius 2 is 2.02 bits per heavy atom. The van der Waals surface area contributed by atoms with Crippen LogP contribution in [0.1, 0.15) is 49.7 Å². The predicted molar refractivity (Wildman–Crippen MR) is 168 cm³/mol. The van der Waals surface area contributed by atoms with Crippen LogP contribution in [0.3, 0.4) is 0 Å². The molecule has 3 aromatic rings. The summed E-state index contributed by atoms with van der Waals surface area (Å²) in [6, 6.07) is 15.2. The van der Waals surface area contributed by atoms with E-state index in [1.165, 1.54) is 35.6 Å². The van der Waals surface area contributed by atoms with E-state index in [4.69, 9.17) is 14.7 Å². The molecule has 0 bridgehead atoms. The van der Waals surface area contributed by atoms with E-state index in [0.717, 1.165) is 54.5 Å². The summed E-state index contributed by atoms with van der Waals surface area (Å²) in [7, 11) is 0. The first kappa shape index (κ1) is 28.7. The number of hydrogen-bond donors (Lipinski definition) is 0. The number of carbonyl (C=O) groups excluding carboxylic acids is 1. The Morgan fingerprint density at radius 1 is 1.14 bits per heavy atom. The minimum atomic E-state index is -0.835. The summed E-state index contributed by atoms with van der Waals surface area (Å²) in [6.07, 6.45) is 7.74. The average Bonchev–Trinajstić information content (AvgIpc) is 3.58. The van der Waals surface area contributed by atoms with Crippen LogP contribution in [0.25, 0.3) is 22.0 Å². The van der Waals surface area contributed by atoms with Crippen molar-refractivity contribution in [2.45, 2.75) is 69.1 Å². The van der Waals surface area contributed by atoms with Gasteiger partial charge in [0.2, 0.25) is 5.91 Å². The monoisotopic (exact) mass is 594 g/mol. The van der Waals surface area contributed by atoms with Crippen molar-refractivity contribution in [3.8, 4) is 23.2 Å².